The van der Waals surface area contributed by atoms with Gasteiger partial charge in [0.05, 0.1) is 6.21 Å². The molecule has 0 fully saturated rings. The predicted molar refractivity (Wildman–Crippen MR) is 61.8 cm³/mol. The lowest BCUT2D eigenvalue weighted by atomic mass is 10.2. The van der Waals surface area contributed by atoms with Crippen molar-refractivity contribution in [3.8, 4) is 0 Å². The minimum atomic E-state index is -0.0381. The van der Waals surface area contributed by atoms with Crippen LogP contribution in [0.4, 0.5) is 0 Å². The van der Waals surface area contributed by atoms with Crippen LogP contribution in [0.3, 0.4) is 0 Å². The Kier molecular flexibility index (Phi) is 5.33. The van der Waals surface area contributed by atoms with Gasteiger partial charge in [0.1, 0.15) is 0 Å². The van der Waals surface area contributed by atoms with Crippen molar-refractivity contribution in [2.75, 3.05) is 0 Å². The van der Waals surface area contributed by atoms with Crippen molar-refractivity contribution in [2.45, 2.75) is 6.92 Å². The summed E-state index contributed by atoms with van der Waals surface area (Å²) in [5, 5.41) is 7.19. The molecule has 1 aromatic carbocycles. The van der Waals surface area contributed by atoms with Crippen LogP contribution in [-0.4, -0.2) is 12.2 Å². The molecule has 5 heteroatoms. The lowest BCUT2D eigenvalue weighted by Gasteiger charge is -1.92. The number of hydrogen-bond donors (Lipinski definition) is 2. The molecule has 0 heterocycles. The number of hydrogen-bond acceptors (Lipinski definition) is 2. The van der Waals surface area contributed by atoms with Gasteiger partial charge in [-0.05, 0) is 12.5 Å². The van der Waals surface area contributed by atoms with E-state index in [0.717, 1.165) is 5.56 Å². The Morgan fingerprint density at radius 2 is 2.07 bits per heavy atom. The molecule has 0 spiro atoms. The van der Waals surface area contributed by atoms with E-state index in [1.54, 1.807) is 6.21 Å². The van der Waals surface area contributed by atoms with Gasteiger partial charge in [0, 0.05) is 0 Å². The molecule has 0 aliphatic carbocycles. The summed E-state index contributed by atoms with van der Waals surface area (Å²) >= 11 is 0. The molecule has 4 N–H and O–H groups in total. The van der Waals surface area contributed by atoms with Gasteiger partial charge in [-0.2, -0.15) is 5.10 Å². The summed E-state index contributed by atoms with van der Waals surface area (Å²) in [6, 6.07) is 7.88. The van der Waals surface area contributed by atoms with E-state index in [4.69, 9.17) is 11.5 Å². The van der Waals surface area contributed by atoms with Crippen LogP contribution in [0.1, 0.15) is 11.1 Å². The molecular weight excluding hydrogens is 200 g/mol. The van der Waals surface area contributed by atoms with E-state index in [1.165, 1.54) is 5.56 Å². The summed E-state index contributed by atoms with van der Waals surface area (Å²) in [6.07, 6.45) is 1.60. The van der Waals surface area contributed by atoms with Crippen LogP contribution in [0, 0.1) is 6.92 Å². The number of nitrogens with zero attached hydrogens (tertiary/aromatic N) is 2. The maximum atomic E-state index is 5.10. The zero-order valence-electron chi connectivity index (χ0n) is 7.84. The highest BCUT2D eigenvalue weighted by Gasteiger charge is 1.86. The van der Waals surface area contributed by atoms with E-state index >= 15 is 0 Å². The Morgan fingerprint density at radius 3 is 2.64 bits per heavy atom. The number of benzene rings is 1. The number of rotatable bonds is 2. The van der Waals surface area contributed by atoms with Gasteiger partial charge >= 0.3 is 0 Å². The largest absolute Gasteiger partial charge is 0.369 e. The maximum Gasteiger partial charge on any atom is 0.211 e. The third-order valence-corrected chi connectivity index (χ3v) is 1.42. The van der Waals surface area contributed by atoms with Crippen LogP contribution < -0.4 is 11.5 Å². The smallest absolute Gasteiger partial charge is 0.211 e. The van der Waals surface area contributed by atoms with Crippen LogP contribution in [0.5, 0.6) is 0 Å². The van der Waals surface area contributed by atoms with Gasteiger partial charge in [-0.25, -0.2) is 0 Å². The van der Waals surface area contributed by atoms with Gasteiger partial charge in [0.15, 0.2) is 0 Å². The van der Waals surface area contributed by atoms with Gasteiger partial charge in [0.25, 0.3) is 0 Å². The summed E-state index contributed by atoms with van der Waals surface area (Å²) in [6.45, 7) is 2.01. The van der Waals surface area contributed by atoms with Crippen molar-refractivity contribution < 1.29 is 0 Å². The SMILES string of the molecule is Cc1cccc(/C=N/N=C(N)N)c1.Cl. The number of nitrogens with two attached hydrogens (primary N) is 2. The normalized spacial score (nSPS) is 9.50. The summed E-state index contributed by atoms with van der Waals surface area (Å²) in [7, 11) is 0. The molecule has 1 aromatic rings. The summed E-state index contributed by atoms with van der Waals surface area (Å²) < 4.78 is 0. The van der Waals surface area contributed by atoms with Crippen molar-refractivity contribution in [3.05, 3.63) is 35.4 Å². The first-order valence-corrected chi connectivity index (χ1v) is 3.87. The van der Waals surface area contributed by atoms with Crippen LogP contribution >= 0.6 is 12.4 Å². The first-order chi connectivity index (χ1) is 6.18. The molecule has 0 saturated carbocycles. The Hall–Kier alpha value is -1.55. The van der Waals surface area contributed by atoms with Crippen molar-refractivity contribution in [1.29, 1.82) is 0 Å². The van der Waals surface area contributed by atoms with E-state index in [9.17, 15) is 0 Å². The van der Waals surface area contributed by atoms with E-state index in [-0.39, 0.29) is 18.4 Å². The minimum absolute atomic E-state index is 0. The van der Waals surface area contributed by atoms with E-state index in [1.807, 2.05) is 31.2 Å². The molecule has 0 aliphatic rings. The Morgan fingerprint density at radius 1 is 1.36 bits per heavy atom. The number of guanidine groups is 1. The van der Waals surface area contributed by atoms with Crippen LogP contribution in [0.15, 0.2) is 34.5 Å². The van der Waals surface area contributed by atoms with Crippen molar-refractivity contribution in [1.82, 2.24) is 0 Å². The van der Waals surface area contributed by atoms with E-state index in [0.29, 0.717) is 0 Å². The number of halogens is 1. The van der Waals surface area contributed by atoms with Gasteiger partial charge in [-0.3, -0.25) is 0 Å². The zero-order chi connectivity index (χ0) is 9.68. The van der Waals surface area contributed by atoms with Crippen molar-refractivity contribution in [3.63, 3.8) is 0 Å². The van der Waals surface area contributed by atoms with Gasteiger partial charge in [0.2, 0.25) is 5.96 Å². The van der Waals surface area contributed by atoms with Crippen molar-refractivity contribution >= 4 is 24.6 Å². The molecule has 0 saturated heterocycles. The molecule has 0 aromatic heterocycles. The van der Waals surface area contributed by atoms with Gasteiger partial charge < -0.3 is 11.5 Å². The second-order valence-electron chi connectivity index (χ2n) is 2.68. The van der Waals surface area contributed by atoms with E-state index in [2.05, 4.69) is 10.2 Å². The molecule has 0 aliphatic heterocycles. The summed E-state index contributed by atoms with van der Waals surface area (Å²) in [5.41, 5.74) is 12.4. The molecule has 14 heavy (non-hydrogen) atoms. The highest BCUT2D eigenvalue weighted by molar-refractivity contribution is 5.85. The third-order valence-electron chi connectivity index (χ3n) is 1.42. The molecule has 0 atom stereocenters. The van der Waals surface area contributed by atoms with Crippen LogP contribution in [0.2, 0.25) is 0 Å². The first kappa shape index (κ1) is 12.4. The average molecular weight is 213 g/mol. The van der Waals surface area contributed by atoms with Gasteiger partial charge in [-0.1, -0.05) is 29.8 Å². The fourth-order valence-corrected chi connectivity index (χ4v) is 0.913. The highest BCUT2D eigenvalue weighted by atomic mass is 35.5. The molecule has 0 bridgehead atoms. The second kappa shape index (κ2) is 5.99. The van der Waals surface area contributed by atoms with Crippen LogP contribution in [0.25, 0.3) is 0 Å². The molecule has 0 unspecified atom stereocenters. The van der Waals surface area contributed by atoms with E-state index < -0.39 is 0 Å². The van der Waals surface area contributed by atoms with Gasteiger partial charge in [-0.15, -0.1) is 17.5 Å². The fourth-order valence-electron chi connectivity index (χ4n) is 0.913. The summed E-state index contributed by atoms with van der Waals surface area (Å²) in [4.78, 5) is 0. The molecule has 4 nitrogen and oxygen atoms in total. The fraction of sp³-hybridized carbons (Fsp3) is 0.111. The lowest BCUT2D eigenvalue weighted by molar-refractivity contribution is 1.21. The van der Waals surface area contributed by atoms with Crippen LogP contribution in [-0.2, 0) is 0 Å². The molecule has 1 rings (SSSR count). The van der Waals surface area contributed by atoms with Crippen molar-refractivity contribution in [2.24, 2.45) is 21.7 Å². The zero-order valence-corrected chi connectivity index (χ0v) is 8.66. The lowest BCUT2D eigenvalue weighted by Crippen LogP contribution is -2.21. The first-order valence-electron chi connectivity index (χ1n) is 3.87. The third kappa shape index (κ3) is 4.47. The summed E-state index contributed by atoms with van der Waals surface area (Å²) in [5.74, 6) is -0.0381. The Bertz CT molecular complexity index is 342. The molecular formula is C9H13ClN4. The Balaban J connectivity index is 0.00000169. The Labute approximate surface area is 89.1 Å². The standard InChI is InChI=1S/C9H12N4.ClH/c1-7-3-2-4-8(5-7)6-12-13-9(10)11;/h2-6H,1H3,(H4,10,11,13);1H/b12-6+;. The second-order valence-corrected chi connectivity index (χ2v) is 2.68. The number of aryl methyl sites for hydroxylation is 1. The molecule has 76 valence electrons. The quantitative estimate of drug-likeness (QED) is 0.436. The average Bonchev–Trinajstić information content (AvgIpc) is 2.03. The molecule has 0 amide bonds. The minimum Gasteiger partial charge on any atom is -0.369 e. The monoisotopic (exact) mass is 212 g/mol. The molecule has 0 radical (unpaired) electrons. The topological polar surface area (TPSA) is 76.8 Å². The highest BCUT2D eigenvalue weighted by Crippen LogP contribution is 2.00. The predicted octanol–water partition coefficient (Wildman–Crippen LogP) is 1.02. The maximum absolute atomic E-state index is 5.10.